The van der Waals surface area contributed by atoms with E-state index in [0.29, 0.717) is 37.1 Å². The quantitative estimate of drug-likeness (QED) is 0.764. The van der Waals surface area contributed by atoms with Crippen LogP contribution in [0.2, 0.25) is 0 Å². The minimum absolute atomic E-state index is 0.160. The Balaban J connectivity index is 1.81. The third kappa shape index (κ3) is 4.00. The second-order valence-electron chi connectivity index (χ2n) is 6.90. The Bertz CT molecular complexity index is 671. The predicted octanol–water partition coefficient (Wildman–Crippen LogP) is 2.77. The predicted molar refractivity (Wildman–Crippen MR) is 95.5 cm³/mol. The summed E-state index contributed by atoms with van der Waals surface area (Å²) in [4.78, 5) is 52.4. The van der Waals surface area contributed by atoms with Gasteiger partial charge in [-0.25, -0.2) is 0 Å². The van der Waals surface area contributed by atoms with Gasteiger partial charge in [0.15, 0.2) is 0 Å². The van der Waals surface area contributed by atoms with E-state index < -0.39 is 0 Å². The molecule has 2 saturated heterocycles. The van der Waals surface area contributed by atoms with Crippen molar-refractivity contribution in [3.63, 3.8) is 0 Å². The van der Waals surface area contributed by atoms with Crippen LogP contribution < -0.4 is 0 Å². The zero-order valence-corrected chi connectivity index (χ0v) is 14.9. The van der Waals surface area contributed by atoms with E-state index in [4.69, 9.17) is 0 Å². The number of amides is 4. The van der Waals surface area contributed by atoms with Gasteiger partial charge < -0.3 is 0 Å². The molecule has 1 aromatic carbocycles. The Kier molecular flexibility index (Phi) is 5.81. The Morgan fingerprint density at radius 3 is 1.62 bits per heavy atom. The number of imide groups is 2. The monoisotopic (exact) mass is 356 g/mol. The third-order valence-corrected chi connectivity index (χ3v) is 4.99. The van der Waals surface area contributed by atoms with Crippen molar-refractivity contribution >= 4 is 23.6 Å². The van der Waals surface area contributed by atoms with Gasteiger partial charge in [-0.15, -0.1) is 0 Å². The fourth-order valence-electron chi connectivity index (χ4n) is 3.49. The van der Waals surface area contributed by atoms with Crippen molar-refractivity contribution in [3.8, 4) is 0 Å². The molecule has 0 bridgehead atoms. The van der Waals surface area contributed by atoms with E-state index in [9.17, 15) is 19.2 Å². The summed E-state index contributed by atoms with van der Waals surface area (Å²) in [6, 6.07) is 6.36. The topological polar surface area (TPSA) is 74.8 Å². The first kappa shape index (κ1) is 18.3. The highest BCUT2D eigenvalue weighted by atomic mass is 16.2. The van der Waals surface area contributed by atoms with Crippen LogP contribution in [0.3, 0.4) is 0 Å². The highest BCUT2D eigenvalue weighted by molar-refractivity contribution is 6.08. The van der Waals surface area contributed by atoms with Crippen molar-refractivity contribution in [2.45, 2.75) is 51.4 Å². The van der Waals surface area contributed by atoms with Gasteiger partial charge >= 0.3 is 0 Å². The lowest BCUT2D eigenvalue weighted by Crippen LogP contribution is -2.37. The zero-order valence-electron chi connectivity index (χ0n) is 14.9. The molecule has 6 heteroatoms. The normalized spacial score (nSPS) is 19.1. The summed E-state index contributed by atoms with van der Waals surface area (Å²) in [5.41, 5.74) is 0.627. The molecular formula is C20H24N2O4. The van der Waals surface area contributed by atoms with Gasteiger partial charge in [-0.3, -0.25) is 29.0 Å². The SMILES string of the molecule is O=C1CCCCCN1C(=O)c1cccc(C(=O)N2CCCCCC2=O)c1. The van der Waals surface area contributed by atoms with Gasteiger partial charge in [-0.2, -0.15) is 0 Å². The average Bonchev–Trinajstić information content (AvgIpc) is 3.00. The molecule has 2 aliphatic heterocycles. The first-order chi connectivity index (χ1) is 12.6. The molecule has 0 aromatic heterocycles. The fourth-order valence-corrected chi connectivity index (χ4v) is 3.49. The van der Waals surface area contributed by atoms with Crippen molar-refractivity contribution < 1.29 is 19.2 Å². The summed E-state index contributed by atoms with van der Waals surface area (Å²) in [6.07, 6.45) is 5.85. The number of hydrogen-bond acceptors (Lipinski definition) is 4. The minimum atomic E-state index is -0.367. The van der Waals surface area contributed by atoms with E-state index in [2.05, 4.69) is 0 Å². The third-order valence-electron chi connectivity index (χ3n) is 4.99. The lowest BCUT2D eigenvalue weighted by atomic mass is 10.1. The Morgan fingerprint density at radius 2 is 1.15 bits per heavy atom. The molecule has 4 amide bonds. The van der Waals surface area contributed by atoms with E-state index in [1.54, 1.807) is 18.2 Å². The molecule has 0 saturated carbocycles. The number of benzene rings is 1. The summed E-state index contributed by atoms with van der Waals surface area (Å²) in [6.45, 7) is 0.834. The largest absolute Gasteiger partial charge is 0.279 e. The molecule has 26 heavy (non-hydrogen) atoms. The summed E-state index contributed by atoms with van der Waals surface area (Å²) < 4.78 is 0. The van der Waals surface area contributed by atoms with Crippen molar-refractivity contribution in [2.75, 3.05) is 13.1 Å². The van der Waals surface area contributed by atoms with Crippen LogP contribution in [0.25, 0.3) is 0 Å². The highest BCUT2D eigenvalue weighted by Crippen LogP contribution is 2.18. The summed E-state index contributed by atoms with van der Waals surface area (Å²) in [5, 5.41) is 0. The second-order valence-corrected chi connectivity index (χ2v) is 6.90. The van der Waals surface area contributed by atoms with Crippen LogP contribution in [0.15, 0.2) is 24.3 Å². The van der Waals surface area contributed by atoms with Gasteiger partial charge in [0.05, 0.1) is 0 Å². The molecule has 6 nitrogen and oxygen atoms in total. The van der Waals surface area contributed by atoms with Crippen molar-refractivity contribution in [2.24, 2.45) is 0 Å². The lowest BCUT2D eigenvalue weighted by Gasteiger charge is -2.20. The molecular weight excluding hydrogens is 332 g/mol. The molecule has 0 unspecified atom stereocenters. The van der Waals surface area contributed by atoms with Crippen LogP contribution in [-0.2, 0) is 9.59 Å². The molecule has 2 fully saturated rings. The molecule has 138 valence electrons. The first-order valence-electron chi connectivity index (χ1n) is 9.37. The maximum atomic E-state index is 12.7. The summed E-state index contributed by atoms with van der Waals surface area (Å²) in [5.74, 6) is -1.05. The molecule has 0 N–H and O–H groups in total. The van der Waals surface area contributed by atoms with E-state index >= 15 is 0 Å². The molecule has 3 rings (SSSR count). The molecule has 1 aromatic rings. The number of carbonyl (C=O) groups is 4. The van der Waals surface area contributed by atoms with E-state index in [1.165, 1.54) is 15.9 Å². The molecule has 0 atom stereocenters. The van der Waals surface area contributed by atoms with Crippen LogP contribution in [0.4, 0.5) is 0 Å². The van der Waals surface area contributed by atoms with Gasteiger partial charge in [-0.05, 0) is 43.9 Å². The number of hydrogen-bond donors (Lipinski definition) is 0. The van der Waals surface area contributed by atoms with Crippen LogP contribution in [0.5, 0.6) is 0 Å². The van der Waals surface area contributed by atoms with E-state index in [-0.39, 0.29) is 23.6 Å². The fraction of sp³-hybridized carbons (Fsp3) is 0.500. The van der Waals surface area contributed by atoms with Gasteiger partial charge in [0.2, 0.25) is 11.8 Å². The Labute approximate surface area is 153 Å². The maximum Gasteiger partial charge on any atom is 0.260 e. The molecule has 2 heterocycles. The van der Waals surface area contributed by atoms with Gasteiger partial charge in [0, 0.05) is 37.1 Å². The van der Waals surface area contributed by atoms with Crippen LogP contribution >= 0.6 is 0 Å². The smallest absolute Gasteiger partial charge is 0.260 e. The van der Waals surface area contributed by atoms with E-state index in [1.807, 2.05) is 0 Å². The number of rotatable bonds is 2. The van der Waals surface area contributed by atoms with Crippen molar-refractivity contribution in [1.82, 2.24) is 9.80 Å². The molecule has 0 aliphatic carbocycles. The number of nitrogens with zero attached hydrogens (tertiary/aromatic N) is 2. The standard InChI is InChI=1S/C20H24N2O4/c23-17-10-3-1-5-12-21(17)19(25)15-8-7-9-16(14-15)20(26)22-13-6-2-4-11-18(22)24/h7-9,14H,1-6,10-13H2. The van der Waals surface area contributed by atoms with Crippen molar-refractivity contribution in [1.29, 1.82) is 0 Å². The van der Waals surface area contributed by atoms with Gasteiger partial charge in [0.25, 0.3) is 11.8 Å². The average molecular weight is 356 g/mol. The van der Waals surface area contributed by atoms with Gasteiger partial charge in [0.1, 0.15) is 0 Å². The van der Waals surface area contributed by atoms with Crippen LogP contribution in [0, 0.1) is 0 Å². The number of likely N-dealkylation sites (tertiary alicyclic amines) is 2. The summed E-state index contributed by atoms with van der Waals surface area (Å²) in [7, 11) is 0. The van der Waals surface area contributed by atoms with Gasteiger partial charge in [-0.1, -0.05) is 18.9 Å². The minimum Gasteiger partial charge on any atom is -0.279 e. The Morgan fingerprint density at radius 1 is 0.692 bits per heavy atom. The highest BCUT2D eigenvalue weighted by Gasteiger charge is 2.27. The zero-order chi connectivity index (χ0) is 18.5. The first-order valence-corrected chi connectivity index (χ1v) is 9.37. The molecule has 0 radical (unpaired) electrons. The van der Waals surface area contributed by atoms with Crippen molar-refractivity contribution in [3.05, 3.63) is 35.4 Å². The van der Waals surface area contributed by atoms with E-state index in [0.717, 1.165) is 38.5 Å². The van der Waals surface area contributed by atoms with Crippen LogP contribution in [0.1, 0.15) is 72.1 Å². The summed E-state index contributed by atoms with van der Waals surface area (Å²) >= 11 is 0. The molecule has 0 spiro atoms. The lowest BCUT2D eigenvalue weighted by molar-refractivity contribution is -0.129. The molecule has 2 aliphatic rings. The maximum absolute atomic E-state index is 12.7. The van der Waals surface area contributed by atoms with Crippen LogP contribution in [-0.4, -0.2) is 46.5 Å². The Hall–Kier alpha value is -2.50. The second kappa shape index (κ2) is 8.25. The number of carbonyl (C=O) groups excluding carboxylic acids is 4.